The molecule has 0 heterocycles. The maximum absolute atomic E-state index is 12.2. The summed E-state index contributed by atoms with van der Waals surface area (Å²) >= 11 is 0. The number of carbonyl (C=O) groups is 1. The van der Waals surface area contributed by atoms with Crippen molar-refractivity contribution in [3.63, 3.8) is 0 Å². The van der Waals surface area contributed by atoms with Crippen LogP contribution in [0.2, 0.25) is 0 Å². The van der Waals surface area contributed by atoms with Gasteiger partial charge in [0.25, 0.3) is 0 Å². The molecule has 0 saturated heterocycles. The highest BCUT2D eigenvalue weighted by Gasteiger charge is 2.37. The average Bonchev–Trinajstić information content (AvgIpc) is 2.56. The topological polar surface area (TPSA) is 63.6 Å². The number of carboxylic acids is 1. The summed E-state index contributed by atoms with van der Waals surface area (Å²) in [5.74, 6) is -2.41. The lowest BCUT2D eigenvalue weighted by atomic mass is 10.1. The number of rotatable bonds is 9. The third kappa shape index (κ3) is 5.93. The number of benzene rings is 2. The Kier molecular flexibility index (Phi) is 6.92. The van der Waals surface area contributed by atoms with Crippen molar-refractivity contribution >= 4 is 13.8 Å². The van der Waals surface area contributed by atoms with Crippen molar-refractivity contribution in [2.45, 2.75) is 25.3 Å². The Balaban J connectivity index is 1.82. The van der Waals surface area contributed by atoms with Gasteiger partial charge in [0.1, 0.15) is 6.16 Å². The van der Waals surface area contributed by atoms with Crippen molar-refractivity contribution in [2.24, 2.45) is 0 Å². The molecule has 2 atom stereocenters. The van der Waals surface area contributed by atoms with Crippen LogP contribution in [0.15, 0.2) is 60.7 Å². The molecule has 1 N–H and O–H groups in total. The standard InChI is InChI=1S/C18H19O4P/c19-17(20)18(22-14-16-10-5-2-6-11-16)23(21)13-7-12-15-8-3-1-4-9-15/h1-6,8-11,18H,7,12-14H2/p+1. The highest BCUT2D eigenvalue weighted by Crippen LogP contribution is 2.31. The molecule has 2 aromatic carbocycles. The van der Waals surface area contributed by atoms with E-state index in [2.05, 4.69) is 0 Å². The van der Waals surface area contributed by atoms with Crippen LogP contribution in [0.25, 0.3) is 0 Å². The van der Waals surface area contributed by atoms with Gasteiger partial charge >= 0.3 is 19.6 Å². The summed E-state index contributed by atoms with van der Waals surface area (Å²) in [7, 11) is -1.95. The fourth-order valence-corrected chi connectivity index (χ4v) is 3.42. The summed E-state index contributed by atoms with van der Waals surface area (Å²) < 4.78 is 17.6. The Morgan fingerprint density at radius 3 is 2.13 bits per heavy atom. The van der Waals surface area contributed by atoms with E-state index in [0.717, 1.165) is 17.5 Å². The van der Waals surface area contributed by atoms with Crippen LogP contribution in [0.1, 0.15) is 17.5 Å². The molecule has 120 valence electrons. The molecule has 0 saturated carbocycles. The van der Waals surface area contributed by atoms with Crippen molar-refractivity contribution < 1.29 is 19.2 Å². The van der Waals surface area contributed by atoms with E-state index < -0.39 is 19.6 Å². The van der Waals surface area contributed by atoms with Crippen molar-refractivity contribution in [2.75, 3.05) is 6.16 Å². The van der Waals surface area contributed by atoms with Gasteiger partial charge in [-0.25, -0.2) is 4.79 Å². The highest BCUT2D eigenvalue weighted by molar-refractivity contribution is 7.46. The van der Waals surface area contributed by atoms with E-state index in [0.29, 0.717) is 12.6 Å². The summed E-state index contributed by atoms with van der Waals surface area (Å²) in [6.45, 7) is 0.150. The predicted molar refractivity (Wildman–Crippen MR) is 89.9 cm³/mol. The fraction of sp³-hybridized carbons (Fsp3) is 0.278. The zero-order chi connectivity index (χ0) is 16.5. The van der Waals surface area contributed by atoms with Gasteiger partial charge in [0.15, 0.2) is 0 Å². The van der Waals surface area contributed by atoms with E-state index >= 15 is 0 Å². The van der Waals surface area contributed by atoms with Crippen LogP contribution in [0.3, 0.4) is 0 Å². The molecular weight excluding hydrogens is 311 g/mol. The molecule has 0 aromatic heterocycles. The molecule has 0 spiro atoms. The summed E-state index contributed by atoms with van der Waals surface area (Å²) in [5, 5.41) is 9.23. The molecule has 2 unspecified atom stereocenters. The molecule has 0 amide bonds. The number of hydrogen-bond acceptors (Lipinski definition) is 3. The first-order chi connectivity index (χ1) is 11.2. The molecule has 2 rings (SSSR count). The third-order valence-corrected chi connectivity index (χ3v) is 5.06. The lowest BCUT2D eigenvalue weighted by molar-refractivity contribution is -0.145. The first kappa shape index (κ1) is 17.3. The normalized spacial score (nSPS) is 12.6. The Morgan fingerprint density at radius 1 is 1.00 bits per heavy atom. The number of aliphatic carboxylic acids is 1. The van der Waals surface area contributed by atoms with E-state index in [9.17, 15) is 14.5 Å². The Bertz CT molecular complexity index is 628. The maximum atomic E-state index is 12.2. The molecular formula is C18H20O4P+. The Hall–Kier alpha value is -2.03. The van der Waals surface area contributed by atoms with Crippen LogP contribution in [0.4, 0.5) is 0 Å². The molecule has 2 aromatic rings. The van der Waals surface area contributed by atoms with E-state index in [1.54, 1.807) is 0 Å². The van der Waals surface area contributed by atoms with Crippen LogP contribution in [0.5, 0.6) is 0 Å². The van der Waals surface area contributed by atoms with Crippen LogP contribution < -0.4 is 0 Å². The summed E-state index contributed by atoms with van der Waals surface area (Å²) in [6, 6.07) is 19.2. The minimum absolute atomic E-state index is 0.150. The van der Waals surface area contributed by atoms with Gasteiger partial charge in [-0.05, 0) is 24.0 Å². The molecule has 23 heavy (non-hydrogen) atoms. The van der Waals surface area contributed by atoms with Crippen molar-refractivity contribution in [3.8, 4) is 0 Å². The Morgan fingerprint density at radius 2 is 1.57 bits per heavy atom. The smallest absolute Gasteiger partial charge is 0.384 e. The van der Waals surface area contributed by atoms with Crippen molar-refractivity contribution in [1.29, 1.82) is 0 Å². The van der Waals surface area contributed by atoms with E-state index in [1.807, 2.05) is 60.7 Å². The number of hydrogen-bond donors (Lipinski definition) is 1. The predicted octanol–water partition coefficient (Wildman–Crippen LogP) is 4.07. The SMILES string of the molecule is O=C(O)C(OCc1ccccc1)[P+](=O)CCCc1ccccc1. The van der Waals surface area contributed by atoms with E-state index in [1.165, 1.54) is 0 Å². The van der Waals surface area contributed by atoms with Crippen molar-refractivity contribution in [1.82, 2.24) is 0 Å². The van der Waals surface area contributed by atoms with Gasteiger partial charge in [-0.2, -0.15) is 0 Å². The van der Waals surface area contributed by atoms with Gasteiger partial charge < -0.3 is 9.84 Å². The minimum atomic E-state index is -1.95. The quantitative estimate of drug-likeness (QED) is 0.703. The molecule has 0 bridgehead atoms. The maximum Gasteiger partial charge on any atom is 0.384 e. The molecule has 0 radical (unpaired) electrons. The van der Waals surface area contributed by atoms with Gasteiger partial charge in [-0.3, -0.25) is 0 Å². The second-order valence-corrected chi connectivity index (χ2v) is 6.97. The first-order valence-electron chi connectivity index (χ1n) is 7.53. The molecule has 0 aliphatic rings. The summed E-state index contributed by atoms with van der Waals surface area (Å²) in [5.41, 5.74) is 2.03. The zero-order valence-corrected chi connectivity index (χ0v) is 13.7. The van der Waals surface area contributed by atoms with Gasteiger partial charge in [-0.15, -0.1) is 0 Å². The lowest BCUT2D eigenvalue weighted by Crippen LogP contribution is -2.20. The van der Waals surface area contributed by atoms with Gasteiger partial charge in [0.2, 0.25) is 0 Å². The lowest BCUT2D eigenvalue weighted by Gasteiger charge is -2.05. The van der Waals surface area contributed by atoms with Crippen LogP contribution in [0, 0.1) is 0 Å². The average molecular weight is 331 g/mol. The third-order valence-electron chi connectivity index (χ3n) is 3.41. The van der Waals surface area contributed by atoms with Gasteiger partial charge in [0, 0.05) is 0 Å². The van der Waals surface area contributed by atoms with E-state index in [-0.39, 0.29) is 6.61 Å². The summed E-state index contributed by atoms with van der Waals surface area (Å²) in [6.07, 6.45) is 1.81. The number of ether oxygens (including phenoxy) is 1. The molecule has 0 aliphatic heterocycles. The molecule has 5 heteroatoms. The van der Waals surface area contributed by atoms with Crippen LogP contribution in [-0.2, 0) is 27.1 Å². The number of aryl methyl sites for hydroxylation is 1. The minimum Gasteiger partial charge on any atom is -0.476 e. The first-order valence-corrected chi connectivity index (χ1v) is 9.04. The molecule has 4 nitrogen and oxygen atoms in total. The van der Waals surface area contributed by atoms with Crippen molar-refractivity contribution in [3.05, 3.63) is 71.8 Å². The van der Waals surface area contributed by atoms with Crippen LogP contribution in [-0.4, -0.2) is 23.1 Å². The number of carboxylic acid groups (broad SMARTS) is 1. The van der Waals surface area contributed by atoms with E-state index in [4.69, 9.17) is 4.74 Å². The van der Waals surface area contributed by atoms with Gasteiger partial charge in [-0.1, -0.05) is 65.2 Å². The zero-order valence-electron chi connectivity index (χ0n) is 12.8. The largest absolute Gasteiger partial charge is 0.476 e. The van der Waals surface area contributed by atoms with Crippen LogP contribution >= 0.6 is 7.80 Å². The molecule has 0 aliphatic carbocycles. The second kappa shape index (κ2) is 9.19. The fourth-order valence-electron chi connectivity index (χ4n) is 2.23. The van der Waals surface area contributed by atoms with Gasteiger partial charge in [0.05, 0.1) is 6.61 Å². The monoisotopic (exact) mass is 331 g/mol. The second-order valence-electron chi connectivity index (χ2n) is 5.22. The Labute approximate surface area is 136 Å². The molecule has 0 fully saturated rings. The highest BCUT2D eigenvalue weighted by atomic mass is 31.1. The summed E-state index contributed by atoms with van der Waals surface area (Å²) in [4.78, 5) is 11.3.